The van der Waals surface area contributed by atoms with Crippen molar-refractivity contribution >= 4 is 17.7 Å². The third-order valence-electron chi connectivity index (χ3n) is 10.0. The van der Waals surface area contributed by atoms with Crippen molar-refractivity contribution in [2.75, 3.05) is 0 Å². The summed E-state index contributed by atoms with van der Waals surface area (Å²) in [4.78, 5) is 35.5. The summed E-state index contributed by atoms with van der Waals surface area (Å²) in [6.45, 7) is 6.41. The number of fused-ring (bicyclic) bond motifs is 5. The second-order valence-electron chi connectivity index (χ2n) is 11.4. The van der Waals surface area contributed by atoms with Gasteiger partial charge in [0.15, 0.2) is 18.0 Å². The lowest BCUT2D eigenvalue weighted by Crippen LogP contribution is -2.52. The maximum Gasteiger partial charge on any atom is 0.336 e. The van der Waals surface area contributed by atoms with Crippen LogP contribution in [0, 0.1) is 34.5 Å². The maximum absolute atomic E-state index is 12.3. The molecule has 1 aliphatic heterocycles. The summed E-state index contributed by atoms with van der Waals surface area (Å²) < 4.78 is 11.6. The predicted octanol–water partition coefficient (Wildman–Crippen LogP) is 3.80. The number of Topliss-reactive ketones (excluding diaryl/α,β-unsaturated/α-hetero) is 1. The van der Waals surface area contributed by atoms with Crippen LogP contribution in [0.2, 0.25) is 0 Å². The standard InChI is InChI=1S/C25H34O7/c1-13(26)16-6-7-17-15-5-4-14-12-25(31-19(21(27)28)20(32-25)22(29)30)11-10-23(14,2)18(15)8-9-24(16,17)3/h4,15-20H,5-12H2,1-3H3,(H,27,28)(H,29,30)/t15-,16+,17-,18-,19?,20?,23-,24+,25?/m0/s1. The van der Waals surface area contributed by atoms with E-state index in [0.29, 0.717) is 36.4 Å². The van der Waals surface area contributed by atoms with Crippen LogP contribution in [-0.4, -0.2) is 45.9 Å². The zero-order valence-corrected chi connectivity index (χ0v) is 19.1. The number of aliphatic carboxylic acids is 2. The largest absolute Gasteiger partial charge is 0.479 e. The quantitative estimate of drug-likeness (QED) is 0.635. The van der Waals surface area contributed by atoms with E-state index in [9.17, 15) is 24.6 Å². The molecule has 4 fully saturated rings. The minimum Gasteiger partial charge on any atom is -0.479 e. The molecule has 0 aromatic heterocycles. The molecular weight excluding hydrogens is 412 g/mol. The van der Waals surface area contributed by atoms with E-state index in [2.05, 4.69) is 19.9 Å². The molecule has 32 heavy (non-hydrogen) atoms. The van der Waals surface area contributed by atoms with E-state index in [1.807, 2.05) is 0 Å². The smallest absolute Gasteiger partial charge is 0.336 e. The van der Waals surface area contributed by atoms with Crippen LogP contribution in [0.15, 0.2) is 11.6 Å². The molecule has 2 unspecified atom stereocenters. The number of carbonyl (C=O) groups excluding carboxylic acids is 1. The zero-order chi connectivity index (χ0) is 23.1. The van der Waals surface area contributed by atoms with Gasteiger partial charge in [0.2, 0.25) is 0 Å². The summed E-state index contributed by atoms with van der Waals surface area (Å²) in [7, 11) is 0. The van der Waals surface area contributed by atoms with Crippen molar-refractivity contribution in [1.82, 2.24) is 0 Å². The highest BCUT2D eigenvalue weighted by Gasteiger charge is 2.63. The third-order valence-corrected chi connectivity index (χ3v) is 10.0. The van der Waals surface area contributed by atoms with Gasteiger partial charge in [-0.05, 0) is 74.0 Å². The predicted molar refractivity (Wildman–Crippen MR) is 114 cm³/mol. The number of carboxylic acids is 2. The van der Waals surface area contributed by atoms with Crippen molar-refractivity contribution < 1.29 is 34.1 Å². The molecule has 5 aliphatic rings. The summed E-state index contributed by atoms with van der Waals surface area (Å²) in [6.07, 6.45) is 6.31. The number of hydrogen-bond donors (Lipinski definition) is 2. The summed E-state index contributed by atoms with van der Waals surface area (Å²) in [6, 6.07) is 0. The second kappa shape index (κ2) is 7.13. The molecule has 0 radical (unpaired) electrons. The summed E-state index contributed by atoms with van der Waals surface area (Å²) in [5, 5.41) is 18.9. The van der Waals surface area contributed by atoms with Gasteiger partial charge in [-0.2, -0.15) is 0 Å². The number of hydrogen-bond acceptors (Lipinski definition) is 5. The molecule has 0 aromatic carbocycles. The molecule has 8 atom stereocenters. The highest BCUT2D eigenvalue weighted by atomic mass is 16.8. The van der Waals surface area contributed by atoms with E-state index in [4.69, 9.17) is 9.47 Å². The second-order valence-corrected chi connectivity index (χ2v) is 11.4. The number of ketones is 1. The molecule has 4 aliphatic carbocycles. The van der Waals surface area contributed by atoms with Gasteiger partial charge < -0.3 is 19.7 Å². The van der Waals surface area contributed by atoms with Crippen molar-refractivity contribution in [2.24, 2.45) is 34.5 Å². The molecule has 7 nitrogen and oxygen atoms in total. The van der Waals surface area contributed by atoms with Crippen LogP contribution in [0.25, 0.3) is 0 Å². The topological polar surface area (TPSA) is 110 Å². The molecule has 7 heteroatoms. The Morgan fingerprint density at radius 1 is 0.938 bits per heavy atom. The molecule has 3 saturated carbocycles. The average Bonchev–Trinajstić information content (AvgIpc) is 3.27. The fourth-order valence-corrected chi connectivity index (χ4v) is 8.45. The Balaban J connectivity index is 1.41. The van der Waals surface area contributed by atoms with E-state index < -0.39 is 29.9 Å². The number of carbonyl (C=O) groups is 3. The van der Waals surface area contributed by atoms with Gasteiger partial charge in [0, 0.05) is 18.8 Å². The monoisotopic (exact) mass is 446 g/mol. The number of ether oxygens (including phenoxy) is 2. The van der Waals surface area contributed by atoms with Crippen molar-refractivity contribution in [1.29, 1.82) is 0 Å². The van der Waals surface area contributed by atoms with Gasteiger partial charge in [-0.3, -0.25) is 4.79 Å². The van der Waals surface area contributed by atoms with Crippen LogP contribution < -0.4 is 0 Å². The lowest BCUT2D eigenvalue weighted by Gasteiger charge is -2.58. The molecule has 5 rings (SSSR count). The van der Waals surface area contributed by atoms with E-state index in [1.165, 1.54) is 5.57 Å². The molecule has 1 spiro atoms. The van der Waals surface area contributed by atoms with Crippen molar-refractivity contribution in [2.45, 2.75) is 90.1 Å². The Labute approximate surface area is 188 Å². The minimum atomic E-state index is -1.48. The maximum atomic E-state index is 12.3. The molecular formula is C25H34O7. The third kappa shape index (κ3) is 2.96. The van der Waals surface area contributed by atoms with Crippen LogP contribution >= 0.6 is 0 Å². The molecule has 1 saturated heterocycles. The van der Waals surface area contributed by atoms with Gasteiger partial charge >= 0.3 is 11.9 Å². The first-order valence-electron chi connectivity index (χ1n) is 12.0. The molecule has 1 heterocycles. The first-order chi connectivity index (χ1) is 15.0. The zero-order valence-electron chi connectivity index (χ0n) is 19.1. The van der Waals surface area contributed by atoms with Gasteiger partial charge in [-0.15, -0.1) is 0 Å². The minimum absolute atomic E-state index is 0.0173. The average molecular weight is 447 g/mol. The number of rotatable bonds is 3. The number of allylic oxidation sites excluding steroid dienone is 1. The Kier molecular flexibility index (Phi) is 4.92. The first-order valence-corrected chi connectivity index (χ1v) is 12.0. The van der Waals surface area contributed by atoms with Crippen molar-refractivity contribution in [3.8, 4) is 0 Å². The number of carboxylic acid groups (broad SMARTS) is 2. The normalized spacial score (nSPS) is 49.7. The molecule has 0 amide bonds. The van der Waals surface area contributed by atoms with E-state index in [1.54, 1.807) is 6.92 Å². The van der Waals surface area contributed by atoms with Crippen LogP contribution in [0.5, 0.6) is 0 Å². The Hall–Kier alpha value is -1.73. The van der Waals surface area contributed by atoms with Gasteiger partial charge in [0.1, 0.15) is 5.78 Å². The van der Waals surface area contributed by atoms with Gasteiger partial charge in [-0.25, -0.2) is 9.59 Å². The molecule has 176 valence electrons. The van der Waals surface area contributed by atoms with Gasteiger partial charge in [-0.1, -0.05) is 25.5 Å². The Morgan fingerprint density at radius 2 is 1.59 bits per heavy atom. The van der Waals surface area contributed by atoms with Crippen LogP contribution in [0.1, 0.15) is 72.1 Å². The van der Waals surface area contributed by atoms with Gasteiger partial charge in [0.25, 0.3) is 0 Å². The highest BCUT2D eigenvalue weighted by Crippen LogP contribution is 2.67. The van der Waals surface area contributed by atoms with E-state index >= 15 is 0 Å². The summed E-state index contributed by atoms with van der Waals surface area (Å²) in [5.41, 5.74) is 1.31. The fourth-order valence-electron chi connectivity index (χ4n) is 8.45. The lowest BCUT2D eigenvalue weighted by molar-refractivity contribution is -0.206. The first kappa shape index (κ1) is 22.1. The lowest BCUT2D eigenvalue weighted by atomic mass is 9.47. The van der Waals surface area contributed by atoms with E-state index in [0.717, 1.165) is 38.5 Å². The summed E-state index contributed by atoms with van der Waals surface area (Å²) >= 11 is 0. The fraction of sp³-hybridized carbons (Fsp3) is 0.800. The van der Waals surface area contributed by atoms with Crippen LogP contribution in [-0.2, 0) is 23.9 Å². The van der Waals surface area contributed by atoms with E-state index in [-0.39, 0.29) is 16.7 Å². The van der Waals surface area contributed by atoms with Crippen LogP contribution in [0.3, 0.4) is 0 Å². The molecule has 2 N–H and O–H groups in total. The summed E-state index contributed by atoms with van der Waals surface area (Å²) in [5.74, 6) is -1.60. The van der Waals surface area contributed by atoms with Crippen molar-refractivity contribution in [3.05, 3.63) is 11.6 Å². The Morgan fingerprint density at radius 3 is 2.19 bits per heavy atom. The molecule has 0 aromatic rings. The molecule has 0 bridgehead atoms. The van der Waals surface area contributed by atoms with Crippen molar-refractivity contribution in [3.63, 3.8) is 0 Å². The van der Waals surface area contributed by atoms with Crippen LogP contribution in [0.4, 0.5) is 0 Å². The SMILES string of the molecule is CC(=O)[C@H]1CC[C@H]2[C@@H]3CC=C4CC5(CC[C@]4(C)[C@H]3CC[C@]12C)OC(C(=O)O)C(C(=O)O)O5. The van der Waals surface area contributed by atoms with Gasteiger partial charge in [0.05, 0.1) is 0 Å². The Bertz CT molecular complexity index is 871. The highest BCUT2D eigenvalue weighted by molar-refractivity contribution is 5.84.